The van der Waals surface area contributed by atoms with E-state index in [2.05, 4.69) is 60.3 Å². The number of amides is 1. The van der Waals surface area contributed by atoms with E-state index in [0.29, 0.717) is 4.91 Å². The summed E-state index contributed by atoms with van der Waals surface area (Å²) >= 11 is 1.51. The highest BCUT2D eigenvalue weighted by atomic mass is 32.2. The van der Waals surface area contributed by atoms with Gasteiger partial charge in [0, 0.05) is 30.3 Å². The van der Waals surface area contributed by atoms with E-state index < -0.39 is 0 Å². The summed E-state index contributed by atoms with van der Waals surface area (Å²) in [5.41, 5.74) is 3.50. The molecule has 2 atom stereocenters. The lowest BCUT2D eigenvalue weighted by atomic mass is 9.48. The molecule has 4 aliphatic carbocycles. The quantitative estimate of drug-likeness (QED) is 0.525. The molecule has 188 valence electrons. The number of aromatic nitrogens is 2. The molecule has 8 rings (SSSR count). The Bertz CT molecular complexity index is 1200. The maximum absolute atomic E-state index is 13.1. The molecular formula is C29H34N4O2S. The number of amidine groups is 1. The SMILES string of the molecule is CC1CN(C2=NC(=O)/C(=C/c3cn(-c4ccccc4)nc3C34CC5CC(CC(C5)C3)C4)S2)CC(C)O1. The van der Waals surface area contributed by atoms with Crippen LogP contribution in [0.2, 0.25) is 0 Å². The van der Waals surface area contributed by atoms with Crippen LogP contribution in [0, 0.1) is 17.8 Å². The molecule has 1 amide bonds. The highest BCUT2D eigenvalue weighted by molar-refractivity contribution is 8.18. The number of ether oxygens (including phenoxy) is 1. The largest absolute Gasteiger partial charge is 0.372 e. The minimum Gasteiger partial charge on any atom is -0.372 e. The van der Waals surface area contributed by atoms with Gasteiger partial charge in [-0.1, -0.05) is 18.2 Å². The van der Waals surface area contributed by atoms with Gasteiger partial charge in [-0.15, -0.1) is 0 Å². The van der Waals surface area contributed by atoms with Crippen LogP contribution in [0.1, 0.15) is 63.6 Å². The number of benzene rings is 1. The molecule has 2 aliphatic heterocycles. The Balaban J connectivity index is 1.25. The molecule has 0 N–H and O–H groups in total. The molecule has 1 aromatic carbocycles. The third kappa shape index (κ3) is 3.95. The number of carbonyl (C=O) groups excluding carboxylic acids is 1. The molecule has 4 bridgehead atoms. The molecule has 2 aromatic rings. The van der Waals surface area contributed by atoms with Crippen molar-refractivity contribution < 1.29 is 9.53 Å². The van der Waals surface area contributed by atoms with Crippen LogP contribution in [0.4, 0.5) is 0 Å². The van der Waals surface area contributed by atoms with Gasteiger partial charge in [0.25, 0.3) is 5.91 Å². The van der Waals surface area contributed by atoms with Crippen LogP contribution in [-0.4, -0.2) is 51.1 Å². The summed E-state index contributed by atoms with van der Waals surface area (Å²) in [6.45, 7) is 5.69. The Labute approximate surface area is 217 Å². The summed E-state index contributed by atoms with van der Waals surface area (Å²) in [4.78, 5) is 20.4. The minimum atomic E-state index is -0.134. The fourth-order valence-corrected chi connectivity index (χ4v) is 8.95. The first-order chi connectivity index (χ1) is 17.4. The molecule has 4 saturated carbocycles. The molecule has 6 nitrogen and oxygen atoms in total. The number of thioether (sulfide) groups is 1. The second-order valence-corrected chi connectivity index (χ2v) is 12.9. The number of rotatable bonds is 3. The third-order valence-corrected chi connectivity index (χ3v) is 9.93. The molecule has 1 saturated heterocycles. The summed E-state index contributed by atoms with van der Waals surface area (Å²) in [5.74, 6) is 2.37. The molecule has 0 spiro atoms. The van der Waals surface area contributed by atoms with Gasteiger partial charge in [-0.25, -0.2) is 4.68 Å². The second kappa shape index (κ2) is 8.59. The zero-order valence-electron chi connectivity index (χ0n) is 21.1. The Hall–Kier alpha value is -2.38. The maximum atomic E-state index is 13.1. The van der Waals surface area contributed by atoms with Crippen LogP contribution in [0.5, 0.6) is 0 Å². The van der Waals surface area contributed by atoms with E-state index in [-0.39, 0.29) is 23.5 Å². The van der Waals surface area contributed by atoms with E-state index in [1.54, 1.807) is 0 Å². The predicted molar refractivity (Wildman–Crippen MR) is 143 cm³/mol. The summed E-state index contributed by atoms with van der Waals surface area (Å²) < 4.78 is 7.91. The smallest absolute Gasteiger partial charge is 0.286 e. The average Bonchev–Trinajstić information content (AvgIpc) is 3.43. The van der Waals surface area contributed by atoms with Crippen molar-refractivity contribution in [3.63, 3.8) is 0 Å². The zero-order valence-corrected chi connectivity index (χ0v) is 21.9. The van der Waals surface area contributed by atoms with Crippen molar-refractivity contribution in [3.05, 3.63) is 52.7 Å². The lowest BCUT2D eigenvalue weighted by molar-refractivity contribution is -0.113. The van der Waals surface area contributed by atoms with Gasteiger partial charge < -0.3 is 9.64 Å². The summed E-state index contributed by atoms with van der Waals surface area (Å²) in [6.07, 6.45) is 12.4. The van der Waals surface area contributed by atoms with E-state index in [1.165, 1.54) is 56.0 Å². The number of nitrogens with zero attached hydrogens (tertiary/aromatic N) is 4. The molecule has 36 heavy (non-hydrogen) atoms. The topological polar surface area (TPSA) is 59.7 Å². The van der Waals surface area contributed by atoms with E-state index in [0.717, 1.165) is 47.3 Å². The van der Waals surface area contributed by atoms with Crippen molar-refractivity contribution in [2.75, 3.05) is 13.1 Å². The Kier molecular flexibility index (Phi) is 5.44. The fourth-order valence-electron chi connectivity index (χ4n) is 8.03. The summed E-state index contributed by atoms with van der Waals surface area (Å²) in [5, 5.41) is 6.06. The van der Waals surface area contributed by atoms with Crippen molar-refractivity contribution in [2.45, 2.75) is 70.0 Å². The first kappa shape index (κ1) is 22.8. The fraction of sp³-hybridized carbons (Fsp3) is 0.552. The van der Waals surface area contributed by atoms with Crippen LogP contribution in [0.3, 0.4) is 0 Å². The van der Waals surface area contributed by atoms with Crippen LogP contribution in [0.15, 0.2) is 46.4 Å². The molecule has 7 heteroatoms. The summed E-state index contributed by atoms with van der Waals surface area (Å²) in [6, 6.07) is 10.4. The van der Waals surface area contributed by atoms with Gasteiger partial charge in [-0.3, -0.25) is 4.79 Å². The lowest BCUT2D eigenvalue weighted by Crippen LogP contribution is -2.49. The third-order valence-electron chi connectivity index (χ3n) is 8.89. The molecule has 0 radical (unpaired) electrons. The van der Waals surface area contributed by atoms with Gasteiger partial charge in [-0.05, 0) is 100 Å². The average molecular weight is 503 g/mol. The second-order valence-electron chi connectivity index (χ2n) is 11.9. The van der Waals surface area contributed by atoms with Gasteiger partial charge in [-0.2, -0.15) is 10.1 Å². The van der Waals surface area contributed by atoms with Crippen molar-refractivity contribution >= 4 is 28.9 Å². The van der Waals surface area contributed by atoms with Gasteiger partial charge in [0.2, 0.25) is 0 Å². The normalized spacial score (nSPS) is 36.7. The lowest BCUT2D eigenvalue weighted by Gasteiger charge is -2.56. The molecule has 1 aromatic heterocycles. The van der Waals surface area contributed by atoms with Gasteiger partial charge in [0.15, 0.2) is 5.17 Å². The number of morpholine rings is 1. The predicted octanol–water partition coefficient (Wildman–Crippen LogP) is 5.42. The molecular weight excluding hydrogens is 468 g/mol. The van der Waals surface area contributed by atoms with Crippen molar-refractivity contribution in [1.82, 2.24) is 14.7 Å². The van der Waals surface area contributed by atoms with Crippen molar-refractivity contribution in [1.29, 1.82) is 0 Å². The van der Waals surface area contributed by atoms with Crippen LogP contribution >= 0.6 is 11.8 Å². The van der Waals surface area contributed by atoms with Gasteiger partial charge >= 0.3 is 0 Å². The van der Waals surface area contributed by atoms with Crippen molar-refractivity contribution in [2.24, 2.45) is 22.7 Å². The highest BCUT2D eigenvalue weighted by Gasteiger charge is 2.53. The van der Waals surface area contributed by atoms with Crippen LogP contribution in [0.25, 0.3) is 11.8 Å². The molecule has 3 heterocycles. The first-order valence-electron chi connectivity index (χ1n) is 13.5. The zero-order chi connectivity index (χ0) is 24.4. The maximum Gasteiger partial charge on any atom is 0.286 e. The molecule has 2 unspecified atom stereocenters. The van der Waals surface area contributed by atoms with Crippen LogP contribution < -0.4 is 0 Å². The number of carbonyl (C=O) groups is 1. The number of aliphatic imine (C=N–C) groups is 1. The minimum absolute atomic E-state index is 0.131. The Morgan fingerprint density at radius 3 is 2.28 bits per heavy atom. The van der Waals surface area contributed by atoms with E-state index in [1.807, 2.05) is 10.7 Å². The van der Waals surface area contributed by atoms with Gasteiger partial charge in [0.1, 0.15) is 0 Å². The highest BCUT2D eigenvalue weighted by Crippen LogP contribution is 2.61. The Morgan fingerprint density at radius 2 is 1.64 bits per heavy atom. The number of para-hydroxylation sites is 1. The monoisotopic (exact) mass is 502 g/mol. The van der Waals surface area contributed by atoms with E-state index in [4.69, 9.17) is 9.84 Å². The Morgan fingerprint density at radius 1 is 1.00 bits per heavy atom. The number of hydrogen-bond acceptors (Lipinski definition) is 5. The molecule has 6 aliphatic rings. The summed E-state index contributed by atoms with van der Waals surface area (Å²) in [7, 11) is 0. The van der Waals surface area contributed by atoms with Crippen molar-refractivity contribution in [3.8, 4) is 5.69 Å². The van der Waals surface area contributed by atoms with E-state index in [9.17, 15) is 4.79 Å². The van der Waals surface area contributed by atoms with Gasteiger partial charge in [0.05, 0.1) is 28.5 Å². The first-order valence-corrected chi connectivity index (χ1v) is 14.3. The van der Waals surface area contributed by atoms with Crippen LogP contribution in [-0.2, 0) is 14.9 Å². The van der Waals surface area contributed by atoms with E-state index >= 15 is 0 Å². The standard InChI is InChI=1S/C29H34N4O2S/c1-18-15-32(16-19(2)35-18)28-30-27(34)25(36-28)11-23-17-33(24-6-4-3-5-7-24)31-26(23)29-12-20-8-21(13-29)10-22(9-20)14-29/h3-7,11,17-22H,8-10,12-16H2,1-2H3/b25-11-. The number of hydrogen-bond donors (Lipinski definition) is 0. The molecule has 5 fully saturated rings.